The van der Waals surface area contributed by atoms with E-state index in [0.29, 0.717) is 48.9 Å². The summed E-state index contributed by atoms with van der Waals surface area (Å²) in [5.41, 5.74) is 3.53. The molecule has 1 N–H and O–H groups in total. The zero-order valence-corrected chi connectivity index (χ0v) is 24.0. The first kappa shape index (κ1) is 29.5. The van der Waals surface area contributed by atoms with Gasteiger partial charge < -0.3 is 33.7 Å². The molecule has 0 radical (unpaired) electrons. The molecule has 216 valence electrons. The van der Waals surface area contributed by atoms with E-state index in [2.05, 4.69) is 11.1 Å². The Labute approximate surface area is 240 Å². The summed E-state index contributed by atoms with van der Waals surface area (Å²) in [6.07, 6.45) is 2.63. The van der Waals surface area contributed by atoms with Gasteiger partial charge in [0.1, 0.15) is 12.3 Å². The minimum absolute atomic E-state index is 0.0879. The van der Waals surface area contributed by atoms with Crippen molar-refractivity contribution in [2.24, 2.45) is 0 Å². The summed E-state index contributed by atoms with van der Waals surface area (Å²) in [6.45, 7) is 1.30. The molecule has 0 aliphatic carbocycles. The highest BCUT2D eigenvalue weighted by molar-refractivity contribution is 5.96. The van der Waals surface area contributed by atoms with Crippen LogP contribution in [0.1, 0.15) is 21.5 Å². The number of hydrogen-bond acceptors (Lipinski definition) is 6. The number of benzene rings is 3. The van der Waals surface area contributed by atoms with E-state index in [4.69, 9.17) is 18.9 Å². The molecule has 0 atom stereocenters. The Balaban J connectivity index is 1.57. The van der Waals surface area contributed by atoms with Gasteiger partial charge in [-0.2, -0.15) is 0 Å². The number of aromatic nitrogens is 1. The topological polar surface area (TPSA) is 93.3 Å². The number of H-pyrrole nitrogens is 1. The van der Waals surface area contributed by atoms with Crippen LogP contribution in [0.25, 0.3) is 10.9 Å². The Morgan fingerprint density at radius 1 is 0.805 bits per heavy atom. The average Bonchev–Trinajstić information content (AvgIpc) is 3.43. The summed E-state index contributed by atoms with van der Waals surface area (Å²) >= 11 is 0. The van der Waals surface area contributed by atoms with Gasteiger partial charge in [-0.15, -0.1) is 0 Å². The van der Waals surface area contributed by atoms with Crippen molar-refractivity contribution in [3.8, 4) is 17.2 Å². The number of fused-ring (bicyclic) bond motifs is 1. The summed E-state index contributed by atoms with van der Waals surface area (Å²) < 4.78 is 21.3. The van der Waals surface area contributed by atoms with Crippen LogP contribution in [-0.4, -0.2) is 81.3 Å². The smallest absolute Gasteiger partial charge is 0.254 e. The molecule has 3 aromatic carbocycles. The van der Waals surface area contributed by atoms with Gasteiger partial charge >= 0.3 is 0 Å². The lowest BCUT2D eigenvalue weighted by Crippen LogP contribution is -2.44. The van der Waals surface area contributed by atoms with Crippen LogP contribution in [0.5, 0.6) is 17.2 Å². The number of para-hydroxylation sites is 1. The standard InChI is InChI=1S/C32H37N3O6/c1-38-18-17-35(32(37)24-10-12-26(39-2)13-11-24)22-31(36)34(21-23-9-14-29(40-3)30(19-23)41-4)16-15-25-20-33-28-8-6-5-7-27(25)28/h5-14,19-20,33H,15-18,21-22H2,1-4H3. The van der Waals surface area contributed by atoms with Gasteiger partial charge in [-0.3, -0.25) is 9.59 Å². The predicted molar refractivity (Wildman–Crippen MR) is 158 cm³/mol. The average molecular weight is 560 g/mol. The van der Waals surface area contributed by atoms with Gasteiger partial charge in [-0.25, -0.2) is 0 Å². The van der Waals surface area contributed by atoms with E-state index in [0.717, 1.165) is 22.0 Å². The largest absolute Gasteiger partial charge is 0.497 e. The number of aromatic amines is 1. The molecule has 9 heteroatoms. The first-order valence-corrected chi connectivity index (χ1v) is 13.4. The molecule has 9 nitrogen and oxygen atoms in total. The number of nitrogens with one attached hydrogen (secondary N) is 1. The molecule has 0 aliphatic rings. The lowest BCUT2D eigenvalue weighted by molar-refractivity contribution is -0.132. The lowest BCUT2D eigenvalue weighted by Gasteiger charge is -2.28. The van der Waals surface area contributed by atoms with E-state index in [-0.39, 0.29) is 24.9 Å². The van der Waals surface area contributed by atoms with Gasteiger partial charge in [0.15, 0.2) is 11.5 Å². The third-order valence-corrected chi connectivity index (χ3v) is 7.02. The zero-order valence-electron chi connectivity index (χ0n) is 24.0. The number of carbonyl (C=O) groups excluding carboxylic acids is 2. The summed E-state index contributed by atoms with van der Waals surface area (Å²) in [6, 6.07) is 20.6. The Morgan fingerprint density at radius 2 is 1.56 bits per heavy atom. The third-order valence-electron chi connectivity index (χ3n) is 7.02. The maximum Gasteiger partial charge on any atom is 0.254 e. The highest BCUT2D eigenvalue weighted by atomic mass is 16.5. The van der Waals surface area contributed by atoms with Crippen molar-refractivity contribution in [2.45, 2.75) is 13.0 Å². The second kappa shape index (κ2) is 14.2. The minimum atomic E-state index is -0.249. The van der Waals surface area contributed by atoms with Crippen LogP contribution < -0.4 is 14.2 Å². The Morgan fingerprint density at radius 3 is 2.27 bits per heavy atom. The second-order valence-electron chi connectivity index (χ2n) is 9.56. The second-order valence-corrected chi connectivity index (χ2v) is 9.56. The molecule has 0 unspecified atom stereocenters. The highest BCUT2D eigenvalue weighted by Crippen LogP contribution is 2.28. The van der Waals surface area contributed by atoms with Gasteiger partial charge in [0.05, 0.1) is 27.9 Å². The van der Waals surface area contributed by atoms with E-state index in [9.17, 15) is 9.59 Å². The molecule has 4 aromatic rings. The highest BCUT2D eigenvalue weighted by Gasteiger charge is 2.23. The number of nitrogens with zero attached hydrogens (tertiary/aromatic N) is 2. The third kappa shape index (κ3) is 7.37. The SMILES string of the molecule is COCCN(CC(=O)N(CCc1c[nH]c2ccccc12)Cc1ccc(OC)c(OC)c1)C(=O)c1ccc(OC)cc1. The summed E-state index contributed by atoms with van der Waals surface area (Å²) in [7, 11) is 6.31. The molecule has 0 spiro atoms. The number of carbonyl (C=O) groups is 2. The molecule has 0 saturated heterocycles. The van der Waals surface area contributed by atoms with Gasteiger partial charge in [-0.1, -0.05) is 24.3 Å². The fraction of sp³-hybridized carbons (Fsp3) is 0.312. The molecule has 0 fully saturated rings. The molecule has 1 heterocycles. The van der Waals surface area contributed by atoms with Gasteiger partial charge in [0, 0.05) is 49.4 Å². The molecular formula is C32H37N3O6. The van der Waals surface area contributed by atoms with E-state index in [1.807, 2.05) is 42.6 Å². The van der Waals surface area contributed by atoms with Crippen LogP contribution in [-0.2, 0) is 22.5 Å². The Bertz CT molecular complexity index is 1450. The molecule has 41 heavy (non-hydrogen) atoms. The monoisotopic (exact) mass is 559 g/mol. The Kier molecular flexibility index (Phi) is 10.2. The molecular weight excluding hydrogens is 522 g/mol. The van der Waals surface area contributed by atoms with Crippen molar-refractivity contribution in [1.29, 1.82) is 0 Å². The van der Waals surface area contributed by atoms with E-state index >= 15 is 0 Å². The van der Waals surface area contributed by atoms with Gasteiger partial charge in [-0.05, 0) is 60.0 Å². The van der Waals surface area contributed by atoms with E-state index < -0.39 is 0 Å². The molecule has 0 bridgehead atoms. The number of methoxy groups -OCH3 is 4. The van der Waals surface area contributed by atoms with Crippen LogP contribution in [0.2, 0.25) is 0 Å². The lowest BCUT2D eigenvalue weighted by atomic mass is 10.1. The van der Waals surface area contributed by atoms with Crippen molar-refractivity contribution in [3.63, 3.8) is 0 Å². The quantitative estimate of drug-likeness (QED) is 0.244. The van der Waals surface area contributed by atoms with Gasteiger partial charge in [0.25, 0.3) is 5.91 Å². The normalized spacial score (nSPS) is 10.8. The van der Waals surface area contributed by atoms with Crippen molar-refractivity contribution in [2.75, 3.05) is 54.7 Å². The van der Waals surface area contributed by atoms with Crippen LogP contribution in [0, 0.1) is 0 Å². The van der Waals surface area contributed by atoms with Crippen molar-refractivity contribution >= 4 is 22.7 Å². The zero-order chi connectivity index (χ0) is 29.2. The summed E-state index contributed by atoms with van der Waals surface area (Å²) in [5, 5.41) is 1.13. The predicted octanol–water partition coefficient (Wildman–Crippen LogP) is 4.55. The number of rotatable bonds is 14. The first-order valence-electron chi connectivity index (χ1n) is 13.4. The summed E-state index contributed by atoms with van der Waals surface area (Å²) in [4.78, 5) is 33.9. The first-order chi connectivity index (χ1) is 20.0. The number of hydrogen-bond donors (Lipinski definition) is 1. The summed E-state index contributed by atoms with van der Waals surface area (Å²) in [5.74, 6) is 1.44. The molecule has 4 rings (SSSR count). The minimum Gasteiger partial charge on any atom is -0.497 e. The van der Waals surface area contributed by atoms with Crippen molar-refractivity contribution in [3.05, 3.63) is 89.6 Å². The van der Waals surface area contributed by atoms with E-state index in [1.165, 1.54) is 4.90 Å². The number of ether oxygens (including phenoxy) is 4. The maximum absolute atomic E-state index is 13.9. The van der Waals surface area contributed by atoms with Crippen molar-refractivity contribution in [1.82, 2.24) is 14.8 Å². The van der Waals surface area contributed by atoms with Crippen LogP contribution >= 0.6 is 0 Å². The van der Waals surface area contributed by atoms with Crippen molar-refractivity contribution < 1.29 is 28.5 Å². The number of amides is 2. The molecule has 0 aliphatic heterocycles. The Hall–Kier alpha value is -4.50. The van der Waals surface area contributed by atoms with Crippen LogP contribution in [0.4, 0.5) is 0 Å². The van der Waals surface area contributed by atoms with Crippen LogP contribution in [0.3, 0.4) is 0 Å². The maximum atomic E-state index is 13.9. The van der Waals surface area contributed by atoms with Gasteiger partial charge in [0.2, 0.25) is 5.91 Å². The fourth-order valence-corrected chi connectivity index (χ4v) is 4.72. The fourth-order valence-electron chi connectivity index (χ4n) is 4.72. The molecule has 1 aromatic heterocycles. The molecule has 2 amide bonds. The van der Waals surface area contributed by atoms with Crippen LogP contribution in [0.15, 0.2) is 72.9 Å². The van der Waals surface area contributed by atoms with E-state index in [1.54, 1.807) is 57.6 Å². The molecule has 0 saturated carbocycles.